The number of amides is 1. The number of hydrogen-bond donors (Lipinski definition) is 1. The maximum absolute atomic E-state index is 12.4. The standard InChI is InChI=1S/C12H20N4OS/c1-8(2)6-7-16(9-4-5-9)11(17)10-14-15-12(13-3)18-10/h8-9H,4-7H2,1-3H3,(H,13,15). The summed E-state index contributed by atoms with van der Waals surface area (Å²) in [6.07, 6.45) is 3.29. The van der Waals surface area contributed by atoms with Crippen molar-refractivity contribution in [2.75, 3.05) is 18.9 Å². The van der Waals surface area contributed by atoms with Crippen molar-refractivity contribution >= 4 is 22.4 Å². The lowest BCUT2D eigenvalue weighted by Crippen LogP contribution is -2.34. The van der Waals surface area contributed by atoms with Gasteiger partial charge in [-0.25, -0.2) is 0 Å². The van der Waals surface area contributed by atoms with Crippen LogP contribution in [-0.2, 0) is 0 Å². The first-order valence-corrected chi connectivity index (χ1v) is 7.25. The van der Waals surface area contributed by atoms with Gasteiger partial charge in [0.25, 0.3) is 5.91 Å². The monoisotopic (exact) mass is 268 g/mol. The van der Waals surface area contributed by atoms with E-state index < -0.39 is 0 Å². The van der Waals surface area contributed by atoms with Crippen LogP contribution in [0.15, 0.2) is 0 Å². The summed E-state index contributed by atoms with van der Waals surface area (Å²) in [7, 11) is 1.78. The zero-order valence-corrected chi connectivity index (χ0v) is 12.0. The Kier molecular flexibility index (Phi) is 4.16. The third kappa shape index (κ3) is 3.19. The van der Waals surface area contributed by atoms with Crippen LogP contribution in [0.5, 0.6) is 0 Å². The van der Waals surface area contributed by atoms with Crippen LogP contribution in [0, 0.1) is 5.92 Å². The lowest BCUT2D eigenvalue weighted by Gasteiger charge is -2.21. The van der Waals surface area contributed by atoms with E-state index in [1.54, 1.807) is 7.05 Å². The van der Waals surface area contributed by atoms with E-state index >= 15 is 0 Å². The van der Waals surface area contributed by atoms with Gasteiger partial charge in [0, 0.05) is 19.6 Å². The van der Waals surface area contributed by atoms with Crippen molar-refractivity contribution in [2.45, 2.75) is 39.2 Å². The Balaban J connectivity index is 2.03. The second kappa shape index (κ2) is 5.65. The summed E-state index contributed by atoms with van der Waals surface area (Å²) in [5.41, 5.74) is 0. The van der Waals surface area contributed by atoms with Gasteiger partial charge in [-0.2, -0.15) is 0 Å². The number of rotatable bonds is 6. The molecule has 1 amide bonds. The van der Waals surface area contributed by atoms with Crippen molar-refractivity contribution in [1.29, 1.82) is 0 Å². The van der Waals surface area contributed by atoms with Crippen molar-refractivity contribution < 1.29 is 4.79 Å². The summed E-state index contributed by atoms with van der Waals surface area (Å²) in [4.78, 5) is 14.3. The fourth-order valence-electron chi connectivity index (χ4n) is 1.77. The molecule has 0 aromatic carbocycles. The molecule has 1 saturated carbocycles. The number of nitrogens with zero attached hydrogens (tertiary/aromatic N) is 3. The average Bonchev–Trinajstić information content (AvgIpc) is 3.06. The first kappa shape index (κ1) is 13.3. The van der Waals surface area contributed by atoms with Crippen molar-refractivity contribution in [3.8, 4) is 0 Å². The molecule has 0 bridgehead atoms. The minimum atomic E-state index is 0.0390. The van der Waals surface area contributed by atoms with Crippen molar-refractivity contribution in [3.05, 3.63) is 5.01 Å². The van der Waals surface area contributed by atoms with E-state index in [1.165, 1.54) is 11.3 Å². The molecular formula is C12H20N4OS. The number of carbonyl (C=O) groups excluding carboxylic acids is 1. The molecule has 5 nitrogen and oxygen atoms in total. The molecule has 0 saturated heterocycles. The highest BCUT2D eigenvalue weighted by Crippen LogP contribution is 2.29. The SMILES string of the molecule is CNc1nnc(C(=O)N(CCC(C)C)C2CC2)s1. The van der Waals surface area contributed by atoms with Gasteiger partial charge in [-0.1, -0.05) is 25.2 Å². The third-order valence-corrected chi connectivity index (χ3v) is 3.95. The molecule has 18 heavy (non-hydrogen) atoms. The van der Waals surface area contributed by atoms with Crippen LogP contribution in [-0.4, -0.2) is 40.6 Å². The van der Waals surface area contributed by atoms with Gasteiger partial charge in [-0.3, -0.25) is 4.79 Å². The number of aromatic nitrogens is 2. The fourth-order valence-corrected chi connectivity index (χ4v) is 2.42. The highest BCUT2D eigenvalue weighted by molar-refractivity contribution is 7.17. The summed E-state index contributed by atoms with van der Waals surface area (Å²) >= 11 is 1.32. The Morgan fingerprint density at radius 2 is 2.22 bits per heavy atom. The first-order chi connectivity index (χ1) is 8.61. The van der Waals surface area contributed by atoms with Gasteiger partial charge in [-0.15, -0.1) is 10.2 Å². The van der Waals surface area contributed by atoms with E-state index in [0.717, 1.165) is 25.8 Å². The van der Waals surface area contributed by atoms with Crippen LogP contribution in [0.3, 0.4) is 0 Å². The molecule has 1 aliphatic rings. The molecular weight excluding hydrogens is 248 g/mol. The Hall–Kier alpha value is -1.17. The minimum absolute atomic E-state index is 0.0390. The quantitative estimate of drug-likeness (QED) is 0.859. The molecule has 0 radical (unpaired) electrons. The summed E-state index contributed by atoms with van der Waals surface area (Å²) in [6, 6.07) is 0.429. The third-order valence-electron chi connectivity index (χ3n) is 3.02. The number of nitrogens with one attached hydrogen (secondary N) is 1. The van der Waals surface area contributed by atoms with Crippen LogP contribution >= 0.6 is 11.3 Å². The molecule has 1 aromatic rings. The second-order valence-electron chi connectivity index (χ2n) is 5.07. The number of anilines is 1. The molecule has 100 valence electrons. The molecule has 1 aliphatic carbocycles. The molecule has 1 aromatic heterocycles. The second-order valence-corrected chi connectivity index (χ2v) is 6.05. The van der Waals surface area contributed by atoms with E-state index in [2.05, 4.69) is 29.4 Å². The molecule has 6 heteroatoms. The first-order valence-electron chi connectivity index (χ1n) is 6.44. The van der Waals surface area contributed by atoms with Crippen molar-refractivity contribution in [3.63, 3.8) is 0 Å². The van der Waals surface area contributed by atoms with Gasteiger partial charge in [0.05, 0.1) is 0 Å². The van der Waals surface area contributed by atoms with Crippen LogP contribution in [0.4, 0.5) is 5.13 Å². The van der Waals surface area contributed by atoms with Gasteiger partial charge in [0.1, 0.15) is 0 Å². The largest absolute Gasteiger partial charge is 0.363 e. The van der Waals surface area contributed by atoms with Crippen molar-refractivity contribution in [1.82, 2.24) is 15.1 Å². The van der Waals surface area contributed by atoms with Gasteiger partial charge in [0.15, 0.2) is 0 Å². The van der Waals surface area contributed by atoms with Crippen LogP contribution in [0.1, 0.15) is 42.9 Å². The Bertz CT molecular complexity index is 414. The zero-order chi connectivity index (χ0) is 13.1. The summed E-state index contributed by atoms with van der Waals surface area (Å²) in [6.45, 7) is 5.19. The molecule has 0 atom stereocenters. The zero-order valence-electron chi connectivity index (χ0n) is 11.1. The smallest absolute Gasteiger partial charge is 0.285 e. The molecule has 0 unspecified atom stereocenters. The lowest BCUT2D eigenvalue weighted by molar-refractivity contribution is 0.0734. The lowest BCUT2D eigenvalue weighted by atomic mass is 10.1. The van der Waals surface area contributed by atoms with Crippen LogP contribution in [0.2, 0.25) is 0 Å². The van der Waals surface area contributed by atoms with E-state index in [0.29, 0.717) is 22.1 Å². The summed E-state index contributed by atoms with van der Waals surface area (Å²) in [5, 5.41) is 12.0. The average molecular weight is 268 g/mol. The van der Waals surface area contributed by atoms with Gasteiger partial charge in [0.2, 0.25) is 10.1 Å². The highest BCUT2D eigenvalue weighted by atomic mass is 32.1. The van der Waals surface area contributed by atoms with Gasteiger partial charge in [-0.05, 0) is 25.2 Å². The maximum Gasteiger partial charge on any atom is 0.285 e. The maximum atomic E-state index is 12.4. The Morgan fingerprint density at radius 1 is 1.50 bits per heavy atom. The molecule has 0 spiro atoms. The van der Waals surface area contributed by atoms with Crippen LogP contribution < -0.4 is 5.32 Å². The molecule has 1 fully saturated rings. The van der Waals surface area contributed by atoms with Gasteiger partial charge < -0.3 is 10.2 Å². The summed E-state index contributed by atoms with van der Waals surface area (Å²) in [5.74, 6) is 0.651. The molecule has 0 aliphatic heterocycles. The predicted molar refractivity (Wildman–Crippen MR) is 73.0 cm³/mol. The summed E-state index contributed by atoms with van der Waals surface area (Å²) < 4.78 is 0. The highest BCUT2D eigenvalue weighted by Gasteiger charge is 2.34. The van der Waals surface area contributed by atoms with Crippen molar-refractivity contribution in [2.24, 2.45) is 5.92 Å². The predicted octanol–water partition coefficient (Wildman–Crippen LogP) is 2.23. The normalized spacial score (nSPS) is 14.9. The van der Waals surface area contributed by atoms with Gasteiger partial charge >= 0.3 is 0 Å². The fraction of sp³-hybridized carbons (Fsp3) is 0.750. The van der Waals surface area contributed by atoms with E-state index in [-0.39, 0.29) is 5.91 Å². The van der Waals surface area contributed by atoms with E-state index in [9.17, 15) is 4.79 Å². The number of carbonyl (C=O) groups is 1. The van der Waals surface area contributed by atoms with E-state index in [1.807, 2.05) is 4.90 Å². The molecule has 1 N–H and O–H groups in total. The number of hydrogen-bond acceptors (Lipinski definition) is 5. The molecule has 1 heterocycles. The Morgan fingerprint density at radius 3 is 2.72 bits per heavy atom. The molecule has 2 rings (SSSR count). The topological polar surface area (TPSA) is 58.1 Å². The van der Waals surface area contributed by atoms with Crippen LogP contribution in [0.25, 0.3) is 0 Å². The van der Waals surface area contributed by atoms with E-state index in [4.69, 9.17) is 0 Å². The minimum Gasteiger partial charge on any atom is -0.363 e. The Labute approximate surface area is 112 Å².